The SMILES string of the molecule is [NH]C(=O)c1ccc(-c2noc(=O)[nH]2)cc1. The van der Waals surface area contributed by atoms with Crippen molar-refractivity contribution < 1.29 is 9.32 Å². The van der Waals surface area contributed by atoms with Gasteiger partial charge in [0.15, 0.2) is 5.82 Å². The predicted molar refractivity (Wildman–Crippen MR) is 50.0 cm³/mol. The third kappa shape index (κ3) is 1.78. The quantitative estimate of drug-likeness (QED) is 0.767. The molecule has 1 amide bonds. The highest BCUT2D eigenvalue weighted by Gasteiger charge is 2.05. The second-order valence-electron chi connectivity index (χ2n) is 2.85. The number of aromatic amines is 1. The lowest BCUT2D eigenvalue weighted by Gasteiger charge is -1.96. The molecule has 0 aliphatic heterocycles. The van der Waals surface area contributed by atoms with E-state index < -0.39 is 11.7 Å². The summed E-state index contributed by atoms with van der Waals surface area (Å²) in [5.74, 6) is -1.09. The average Bonchev–Trinajstić information content (AvgIpc) is 2.65. The molecule has 0 saturated carbocycles. The molecule has 0 spiro atoms. The number of nitrogens with zero attached hydrogens (tertiary/aromatic N) is 1. The van der Waals surface area contributed by atoms with Crippen molar-refractivity contribution in [2.45, 2.75) is 0 Å². The fourth-order valence-corrected chi connectivity index (χ4v) is 1.13. The van der Waals surface area contributed by atoms with Crippen LogP contribution in [0.3, 0.4) is 0 Å². The van der Waals surface area contributed by atoms with Gasteiger partial charge in [-0.2, -0.15) is 0 Å². The number of nitrogens with one attached hydrogen (secondary N) is 2. The van der Waals surface area contributed by atoms with Gasteiger partial charge >= 0.3 is 5.76 Å². The average molecular weight is 204 g/mol. The third-order valence-corrected chi connectivity index (χ3v) is 1.86. The number of hydrogen-bond donors (Lipinski definition) is 1. The first kappa shape index (κ1) is 9.20. The topological polar surface area (TPSA) is 99.8 Å². The van der Waals surface area contributed by atoms with E-state index in [4.69, 9.17) is 5.73 Å². The molecule has 0 atom stereocenters. The van der Waals surface area contributed by atoms with E-state index >= 15 is 0 Å². The van der Waals surface area contributed by atoms with Gasteiger partial charge < -0.3 is 0 Å². The molecular formula is C9H6N3O3. The fourth-order valence-electron chi connectivity index (χ4n) is 1.13. The van der Waals surface area contributed by atoms with Crippen LogP contribution in [0.5, 0.6) is 0 Å². The van der Waals surface area contributed by atoms with Crippen LogP contribution in [0.1, 0.15) is 10.4 Å². The largest absolute Gasteiger partial charge is 0.439 e. The summed E-state index contributed by atoms with van der Waals surface area (Å²) in [6, 6.07) is 6.13. The lowest BCUT2D eigenvalue weighted by molar-refractivity contribution is 0.0992. The molecule has 0 unspecified atom stereocenters. The lowest BCUT2D eigenvalue weighted by atomic mass is 10.1. The van der Waals surface area contributed by atoms with E-state index in [1.807, 2.05) is 0 Å². The van der Waals surface area contributed by atoms with E-state index in [1.54, 1.807) is 12.1 Å². The number of amides is 1. The molecule has 2 N–H and O–H groups in total. The third-order valence-electron chi connectivity index (χ3n) is 1.86. The minimum Gasteiger partial charge on any atom is -0.296 e. The van der Waals surface area contributed by atoms with Crippen molar-refractivity contribution in [3.05, 3.63) is 40.4 Å². The molecule has 0 saturated heterocycles. The van der Waals surface area contributed by atoms with Crippen LogP contribution in [0.2, 0.25) is 0 Å². The Balaban J connectivity index is 2.39. The summed E-state index contributed by atoms with van der Waals surface area (Å²) in [6.45, 7) is 0. The number of carbonyl (C=O) groups excluding carboxylic acids is 1. The molecule has 0 aliphatic rings. The van der Waals surface area contributed by atoms with Gasteiger partial charge in [-0.3, -0.25) is 20.0 Å². The number of H-pyrrole nitrogens is 1. The van der Waals surface area contributed by atoms with Crippen molar-refractivity contribution >= 4 is 5.91 Å². The Hall–Kier alpha value is -2.37. The monoisotopic (exact) mass is 204 g/mol. The summed E-state index contributed by atoms with van der Waals surface area (Å²) in [5.41, 5.74) is 7.77. The van der Waals surface area contributed by atoms with Gasteiger partial charge in [-0.15, -0.1) is 0 Å². The van der Waals surface area contributed by atoms with Crippen molar-refractivity contribution in [3.8, 4) is 11.4 Å². The number of rotatable bonds is 2. The molecule has 2 rings (SSSR count). The molecule has 0 fully saturated rings. The summed E-state index contributed by atoms with van der Waals surface area (Å²) >= 11 is 0. The highest BCUT2D eigenvalue weighted by atomic mass is 16.5. The van der Waals surface area contributed by atoms with Crippen LogP contribution in [0.4, 0.5) is 0 Å². The standard InChI is InChI=1S/C9H6N3O3/c10-7(13)5-1-3-6(4-2-5)8-11-9(14)15-12-8/h1-4,10H,(H,11,12,14). The van der Waals surface area contributed by atoms with Gasteiger partial charge in [0, 0.05) is 11.1 Å². The number of carbonyl (C=O) groups is 1. The molecule has 1 aromatic carbocycles. The van der Waals surface area contributed by atoms with Crippen molar-refractivity contribution in [3.63, 3.8) is 0 Å². The number of hydrogen-bond acceptors (Lipinski definition) is 4. The Bertz CT molecular complexity index is 538. The maximum absolute atomic E-state index is 10.7. The van der Waals surface area contributed by atoms with Crippen molar-refractivity contribution in [2.75, 3.05) is 0 Å². The van der Waals surface area contributed by atoms with Gasteiger partial charge in [0.1, 0.15) is 0 Å². The normalized spacial score (nSPS) is 10.1. The second kappa shape index (κ2) is 3.41. The molecule has 6 nitrogen and oxygen atoms in total. The minimum absolute atomic E-state index is 0.282. The molecule has 1 aromatic heterocycles. The van der Waals surface area contributed by atoms with Crippen LogP contribution >= 0.6 is 0 Å². The van der Waals surface area contributed by atoms with E-state index in [0.29, 0.717) is 11.4 Å². The molecule has 15 heavy (non-hydrogen) atoms. The van der Waals surface area contributed by atoms with Gasteiger partial charge in [-0.05, 0) is 12.1 Å². The lowest BCUT2D eigenvalue weighted by Crippen LogP contribution is -1.98. The zero-order chi connectivity index (χ0) is 10.8. The summed E-state index contributed by atoms with van der Waals surface area (Å²) in [7, 11) is 0. The van der Waals surface area contributed by atoms with Crippen LogP contribution < -0.4 is 11.5 Å². The maximum Gasteiger partial charge on any atom is 0.439 e. The second-order valence-corrected chi connectivity index (χ2v) is 2.85. The fraction of sp³-hybridized carbons (Fsp3) is 0. The Kier molecular flexibility index (Phi) is 2.09. The van der Waals surface area contributed by atoms with E-state index in [-0.39, 0.29) is 5.56 Å². The molecular weight excluding hydrogens is 198 g/mol. The predicted octanol–water partition coefficient (Wildman–Crippen LogP) is 0.453. The van der Waals surface area contributed by atoms with Crippen LogP contribution in [0.15, 0.2) is 33.6 Å². The van der Waals surface area contributed by atoms with Gasteiger partial charge in [-0.25, -0.2) is 4.79 Å². The number of benzene rings is 1. The van der Waals surface area contributed by atoms with E-state index in [9.17, 15) is 9.59 Å². The first-order valence-electron chi connectivity index (χ1n) is 4.09. The van der Waals surface area contributed by atoms with E-state index in [2.05, 4.69) is 14.7 Å². The molecule has 0 bridgehead atoms. The summed E-state index contributed by atoms with van der Waals surface area (Å²) in [6.07, 6.45) is 0. The highest BCUT2D eigenvalue weighted by molar-refractivity contribution is 5.92. The van der Waals surface area contributed by atoms with Gasteiger partial charge in [0.25, 0.3) is 5.91 Å². The first-order chi connectivity index (χ1) is 7.16. The Labute approximate surface area is 83.7 Å². The highest BCUT2D eigenvalue weighted by Crippen LogP contribution is 2.13. The van der Waals surface area contributed by atoms with Gasteiger partial charge in [-0.1, -0.05) is 17.3 Å². The molecule has 6 heteroatoms. The van der Waals surface area contributed by atoms with Crippen molar-refractivity contribution in [2.24, 2.45) is 0 Å². The van der Waals surface area contributed by atoms with Gasteiger partial charge in [0.05, 0.1) is 0 Å². The zero-order valence-electron chi connectivity index (χ0n) is 7.48. The van der Waals surface area contributed by atoms with Gasteiger partial charge in [0.2, 0.25) is 0 Å². The Morgan fingerprint density at radius 3 is 2.47 bits per heavy atom. The first-order valence-corrected chi connectivity index (χ1v) is 4.09. The Morgan fingerprint density at radius 1 is 1.33 bits per heavy atom. The van der Waals surface area contributed by atoms with E-state index in [0.717, 1.165) is 0 Å². The minimum atomic E-state index is -0.754. The molecule has 1 heterocycles. The molecule has 75 valence electrons. The van der Waals surface area contributed by atoms with Crippen LogP contribution in [0, 0.1) is 0 Å². The molecule has 1 radical (unpaired) electrons. The summed E-state index contributed by atoms with van der Waals surface area (Å²) < 4.78 is 4.33. The summed E-state index contributed by atoms with van der Waals surface area (Å²) in [4.78, 5) is 23.7. The summed E-state index contributed by atoms with van der Waals surface area (Å²) in [5, 5.41) is 3.49. The smallest absolute Gasteiger partial charge is 0.296 e. The van der Waals surface area contributed by atoms with Crippen LogP contribution in [-0.4, -0.2) is 16.0 Å². The molecule has 2 aromatic rings. The van der Waals surface area contributed by atoms with Crippen molar-refractivity contribution in [1.29, 1.82) is 0 Å². The maximum atomic E-state index is 10.7. The van der Waals surface area contributed by atoms with Crippen LogP contribution in [0.25, 0.3) is 11.4 Å². The van der Waals surface area contributed by atoms with Crippen molar-refractivity contribution in [1.82, 2.24) is 15.9 Å². The van der Waals surface area contributed by atoms with E-state index in [1.165, 1.54) is 12.1 Å². The Morgan fingerprint density at radius 2 is 2.00 bits per heavy atom. The molecule has 0 aliphatic carbocycles. The zero-order valence-corrected chi connectivity index (χ0v) is 7.48. The number of aromatic nitrogens is 2. The van der Waals surface area contributed by atoms with Crippen LogP contribution in [-0.2, 0) is 0 Å².